The molecule has 7 heteroatoms. The highest BCUT2D eigenvalue weighted by atomic mass is 79.9. The van der Waals surface area contributed by atoms with E-state index in [2.05, 4.69) is 21.2 Å². The van der Waals surface area contributed by atoms with Crippen LogP contribution in [0.15, 0.2) is 16.6 Å². The number of primary amides is 1. The molecule has 3 N–H and O–H groups in total. The van der Waals surface area contributed by atoms with E-state index in [1.165, 1.54) is 0 Å². The molecule has 1 heterocycles. The van der Waals surface area contributed by atoms with Gasteiger partial charge in [-0.3, -0.25) is 9.59 Å². The maximum atomic E-state index is 11.8. The van der Waals surface area contributed by atoms with Crippen molar-refractivity contribution in [2.45, 2.75) is 19.4 Å². The zero-order valence-electron chi connectivity index (χ0n) is 10.9. The maximum absolute atomic E-state index is 11.8. The molecule has 1 aliphatic rings. The third-order valence-electron chi connectivity index (χ3n) is 2.87. The molecular weight excluding hydrogens is 328 g/mol. The zero-order chi connectivity index (χ0) is 14.7. The van der Waals surface area contributed by atoms with Gasteiger partial charge in [0, 0.05) is 4.47 Å². The van der Waals surface area contributed by atoms with E-state index in [1.807, 2.05) is 0 Å². The van der Waals surface area contributed by atoms with Gasteiger partial charge in [0.1, 0.15) is 19.3 Å². The quantitative estimate of drug-likeness (QED) is 0.844. The van der Waals surface area contributed by atoms with Crippen molar-refractivity contribution in [1.29, 1.82) is 0 Å². The first-order valence-electron chi connectivity index (χ1n) is 6.14. The molecule has 0 saturated carbocycles. The molecule has 6 nitrogen and oxygen atoms in total. The SMILES string of the molecule is CC(NC(=O)Cc1cc2c(cc1Br)OCCO2)C(N)=O. The van der Waals surface area contributed by atoms with Gasteiger partial charge in [0.25, 0.3) is 0 Å². The minimum absolute atomic E-state index is 0.120. The van der Waals surface area contributed by atoms with E-state index in [9.17, 15) is 9.59 Å². The molecule has 0 fully saturated rings. The Hall–Kier alpha value is -1.76. The van der Waals surface area contributed by atoms with Gasteiger partial charge in [-0.2, -0.15) is 0 Å². The molecule has 1 unspecified atom stereocenters. The van der Waals surface area contributed by atoms with Crippen molar-refractivity contribution in [1.82, 2.24) is 5.32 Å². The summed E-state index contributed by atoms with van der Waals surface area (Å²) in [6.07, 6.45) is 0.120. The summed E-state index contributed by atoms with van der Waals surface area (Å²) in [6, 6.07) is 2.83. The lowest BCUT2D eigenvalue weighted by molar-refractivity contribution is -0.126. The van der Waals surface area contributed by atoms with Gasteiger partial charge < -0.3 is 20.5 Å². The van der Waals surface area contributed by atoms with Crippen LogP contribution in [0.2, 0.25) is 0 Å². The topological polar surface area (TPSA) is 90.7 Å². The summed E-state index contributed by atoms with van der Waals surface area (Å²) < 4.78 is 11.7. The lowest BCUT2D eigenvalue weighted by atomic mass is 10.1. The highest BCUT2D eigenvalue weighted by Crippen LogP contribution is 2.35. The Morgan fingerprint density at radius 3 is 2.55 bits per heavy atom. The average molecular weight is 343 g/mol. The van der Waals surface area contributed by atoms with Crippen LogP contribution in [0.25, 0.3) is 0 Å². The van der Waals surface area contributed by atoms with Gasteiger partial charge in [-0.1, -0.05) is 15.9 Å². The zero-order valence-corrected chi connectivity index (χ0v) is 12.5. The van der Waals surface area contributed by atoms with Crippen molar-refractivity contribution in [2.75, 3.05) is 13.2 Å². The summed E-state index contributed by atoms with van der Waals surface area (Å²) >= 11 is 3.39. The highest BCUT2D eigenvalue weighted by Gasteiger charge is 2.18. The van der Waals surface area contributed by atoms with E-state index in [4.69, 9.17) is 15.2 Å². The van der Waals surface area contributed by atoms with Crippen LogP contribution in [-0.2, 0) is 16.0 Å². The summed E-state index contributed by atoms with van der Waals surface area (Å²) in [5.74, 6) is 0.413. The standard InChI is InChI=1S/C13H15BrN2O4/c1-7(13(15)18)16-12(17)5-8-4-10-11(6-9(8)14)20-3-2-19-10/h4,6-7H,2-3,5H2,1H3,(H2,15,18)(H,16,17). The van der Waals surface area contributed by atoms with Crippen molar-refractivity contribution < 1.29 is 19.1 Å². The highest BCUT2D eigenvalue weighted by molar-refractivity contribution is 9.10. The fourth-order valence-corrected chi connectivity index (χ4v) is 2.24. The van der Waals surface area contributed by atoms with Crippen molar-refractivity contribution in [3.63, 3.8) is 0 Å². The second kappa shape index (κ2) is 6.13. The first kappa shape index (κ1) is 14.6. The molecule has 1 aromatic carbocycles. The molecule has 2 amide bonds. The van der Waals surface area contributed by atoms with Crippen LogP contribution >= 0.6 is 15.9 Å². The molecule has 0 spiro atoms. The molecule has 2 rings (SSSR count). The molecule has 0 aromatic heterocycles. The van der Waals surface area contributed by atoms with Crippen LogP contribution in [0.4, 0.5) is 0 Å². The number of rotatable bonds is 4. The molecule has 1 atom stereocenters. The Bertz CT molecular complexity index is 547. The normalized spacial score (nSPS) is 14.5. The molecule has 0 radical (unpaired) electrons. The lowest BCUT2D eigenvalue weighted by Gasteiger charge is -2.20. The number of carbonyl (C=O) groups excluding carboxylic acids is 2. The van der Waals surface area contributed by atoms with Gasteiger partial charge in [-0.05, 0) is 24.6 Å². The van der Waals surface area contributed by atoms with E-state index < -0.39 is 11.9 Å². The Labute approximate surface area is 124 Å². The second-order valence-corrected chi connectivity index (χ2v) is 5.31. The van der Waals surface area contributed by atoms with Gasteiger partial charge >= 0.3 is 0 Å². The number of carbonyl (C=O) groups is 2. The number of benzene rings is 1. The van der Waals surface area contributed by atoms with Gasteiger partial charge in [-0.15, -0.1) is 0 Å². The van der Waals surface area contributed by atoms with E-state index in [0.29, 0.717) is 24.7 Å². The van der Waals surface area contributed by atoms with Crippen LogP contribution in [0.3, 0.4) is 0 Å². The van der Waals surface area contributed by atoms with Crippen LogP contribution in [0.5, 0.6) is 11.5 Å². The molecule has 1 aromatic rings. The molecular formula is C13H15BrN2O4. The van der Waals surface area contributed by atoms with Crippen LogP contribution in [0.1, 0.15) is 12.5 Å². The second-order valence-electron chi connectivity index (χ2n) is 4.46. The number of hydrogen-bond donors (Lipinski definition) is 2. The number of amides is 2. The minimum atomic E-state index is -0.696. The molecule has 20 heavy (non-hydrogen) atoms. The lowest BCUT2D eigenvalue weighted by Crippen LogP contribution is -2.42. The minimum Gasteiger partial charge on any atom is -0.486 e. The van der Waals surface area contributed by atoms with E-state index in [1.54, 1.807) is 19.1 Å². The Morgan fingerprint density at radius 1 is 1.35 bits per heavy atom. The third-order valence-corrected chi connectivity index (χ3v) is 3.60. The Kier molecular flexibility index (Phi) is 4.49. The summed E-state index contributed by atoms with van der Waals surface area (Å²) in [4.78, 5) is 22.7. The Morgan fingerprint density at radius 2 is 1.95 bits per heavy atom. The molecule has 0 aliphatic carbocycles. The van der Waals surface area contributed by atoms with Crippen molar-refractivity contribution in [2.24, 2.45) is 5.73 Å². The third kappa shape index (κ3) is 3.41. The monoisotopic (exact) mass is 342 g/mol. The van der Waals surface area contributed by atoms with E-state index >= 15 is 0 Å². The number of hydrogen-bond acceptors (Lipinski definition) is 4. The van der Waals surface area contributed by atoms with Crippen molar-refractivity contribution >= 4 is 27.7 Å². The summed E-state index contributed by atoms with van der Waals surface area (Å²) in [7, 11) is 0. The average Bonchev–Trinajstić information content (AvgIpc) is 2.39. The van der Waals surface area contributed by atoms with Crippen molar-refractivity contribution in [3.05, 3.63) is 22.2 Å². The van der Waals surface area contributed by atoms with Gasteiger partial charge in [0.2, 0.25) is 11.8 Å². The van der Waals surface area contributed by atoms with Crippen molar-refractivity contribution in [3.8, 4) is 11.5 Å². The Balaban J connectivity index is 2.09. The first-order valence-corrected chi connectivity index (χ1v) is 6.93. The van der Waals surface area contributed by atoms with E-state index in [0.717, 1.165) is 10.0 Å². The molecule has 0 bridgehead atoms. The fraction of sp³-hybridized carbons (Fsp3) is 0.385. The van der Waals surface area contributed by atoms with E-state index in [-0.39, 0.29) is 12.3 Å². The number of nitrogens with two attached hydrogens (primary N) is 1. The fourth-order valence-electron chi connectivity index (χ4n) is 1.78. The number of halogens is 1. The molecule has 0 saturated heterocycles. The largest absolute Gasteiger partial charge is 0.486 e. The molecule has 1 aliphatic heterocycles. The molecule has 108 valence electrons. The predicted molar refractivity (Wildman–Crippen MR) is 75.6 cm³/mol. The van der Waals surface area contributed by atoms with Crippen LogP contribution < -0.4 is 20.5 Å². The van der Waals surface area contributed by atoms with Gasteiger partial charge in [0.15, 0.2) is 11.5 Å². The first-order chi connectivity index (χ1) is 9.47. The smallest absolute Gasteiger partial charge is 0.239 e. The maximum Gasteiger partial charge on any atom is 0.239 e. The summed E-state index contributed by atoms with van der Waals surface area (Å²) in [5.41, 5.74) is 5.85. The van der Waals surface area contributed by atoms with Crippen LogP contribution in [-0.4, -0.2) is 31.1 Å². The summed E-state index contributed by atoms with van der Waals surface area (Å²) in [6.45, 7) is 2.54. The van der Waals surface area contributed by atoms with Gasteiger partial charge in [0.05, 0.1) is 6.42 Å². The number of ether oxygens (including phenoxy) is 2. The number of fused-ring (bicyclic) bond motifs is 1. The predicted octanol–water partition coefficient (Wildman–Crippen LogP) is 0.753. The number of nitrogens with one attached hydrogen (secondary N) is 1. The van der Waals surface area contributed by atoms with Gasteiger partial charge in [-0.25, -0.2) is 0 Å². The summed E-state index contributed by atoms with van der Waals surface area (Å²) in [5, 5.41) is 2.53. The van der Waals surface area contributed by atoms with Crippen LogP contribution in [0, 0.1) is 0 Å².